The zero-order valence-corrected chi connectivity index (χ0v) is 24.2. The Balaban J connectivity index is 0.924. The second kappa shape index (κ2) is 11.8. The highest BCUT2D eigenvalue weighted by molar-refractivity contribution is 5.79. The second-order valence-corrected chi connectivity index (χ2v) is 12.0. The number of rotatable bonds is 9. The van der Waals surface area contributed by atoms with E-state index in [4.69, 9.17) is 9.26 Å². The zero-order chi connectivity index (χ0) is 30.3. The van der Waals surface area contributed by atoms with Crippen molar-refractivity contribution in [2.45, 2.75) is 71.1 Å². The molecule has 0 spiro atoms. The molecule has 43 heavy (non-hydrogen) atoms. The summed E-state index contributed by atoms with van der Waals surface area (Å²) in [6.07, 6.45) is -0.575. The van der Waals surface area contributed by atoms with Crippen LogP contribution in [0.3, 0.4) is 0 Å². The minimum absolute atomic E-state index is 0.0587. The Bertz CT molecular complexity index is 1450. The predicted molar refractivity (Wildman–Crippen MR) is 146 cm³/mol. The molecule has 0 bridgehead atoms. The molecule has 0 N–H and O–H groups in total. The number of carbonyl (C=O) groups excluding carboxylic acids is 1. The number of hydrogen-bond donors (Lipinski definition) is 0. The Morgan fingerprint density at radius 2 is 1.93 bits per heavy atom. The Hall–Kier alpha value is -3.71. The van der Waals surface area contributed by atoms with Crippen molar-refractivity contribution in [1.82, 2.24) is 29.8 Å². The van der Waals surface area contributed by atoms with E-state index in [0.717, 1.165) is 42.9 Å². The molecule has 1 aliphatic carbocycles. The zero-order valence-electron chi connectivity index (χ0n) is 24.2. The number of hydrogen-bond acceptors (Lipinski definition) is 8. The van der Waals surface area contributed by atoms with E-state index in [-0.39, 0.29) is 43.4 Å². The maximum absolute atomic E-state index is 14.8. The molecule has 1 amide bonds. The summed E-state index contributed by atoms with van der Waals surface area (Å²) >= 11 is 0. The summed E-state index contributed by atoms with van der Waals surface area (Å²) in [5.74, 6) is 1.24. The number of aromatic nitrogens is 5. The molecule has 14 heteroatoms. The van der Waals surface area contributed by atoms with Crippen LogP contribution >= 0.6 is 0 Å². The van der Waals surface area contributed by atoms with Crippen LogP contribution in [0.4, 0.5) is 23.6 Å². The maximum atomic E-state index is 14.8. The maximum Gasteiger partial charge on any atom is 0.453 e. The van der Waals surface area contributed by atoms with Gasteiger partial charge >= 0.3 is 12.2 Å². The SMILES string of the molecule is CC(C)c1noc(N2CCC(C3C[C@H]3CCOc3ccc(CC(=O)N4CCn5nc(C(F)(F)F)nc5C4)c(F)c3)CC2)n1. The first-order valence-corrected chi connectivity index (χ1v) is 14.8. The number of alkyl halides is 3. The molecule has 10 nitrogen and oxygen atoms in total. The minimum atomic E-state index is -4.65. The highest BCUT2D eigenvalue weighted by Gasteiger charge is 2.43. The van der Waals surface area contributed by atoms with Crippen molar-refractivity contribution in [1.29, 1.82) is 0 Å². The van der Waals surface area contributed by atoms with Gasteiger partial charge in [0.05, 0.1) is 26.1 Å². The van der Waals surface area contributed by atoms with Gasteiger partial charge in [0.1, 0.15) is 17.4 Å². The standard InChI is InChI=1S/C29H35F4N7O3/c1-17(2)26-35-28(43-37-26)38-8-5-18(6-9-38)22-13-19(22)7-12-42-21-4-3-20(23(30)15-21)14-25(41)39-10-11-40-24(16-39)34-27(36-40)29(31,32)33/h3-4,15,17-19,22H,5-14,16H2,1-2H3/t19-,22?/m1/s1. The quantitative estimate of drug-likeness (QED) is 0.319. The molecule has 3 aromatic rings. The molecule has 2 fully saturated rings. The minimum Gasteiger partial charge on any atom is -0.493 e. The van der Waals surface area contributed by atoms with Gasteiger partial charge in [-0.05, 0) is 55.1 Å². The number of benzene rings is 1. The number of amides is 1. The van der Waals surface area contributed by atoms with Crippen molar-refractivity contribution in [2.75, 3.05) is 31.1 Å². The average molecular weight is 606 g/mol. The molecule has 232 valence electrons. The summed E-state index contributed by atoms with van der Waals surface area (Å²) in [6, 6.07) is 5.08. The molecular weight excluding hydrogens is 570 g/mol. The summed E-state index contributed by atoms with van der Waals surface area (Å²) < 4.78 is 66.0. The third kappa shape index (κ3) is 6.62. The first kappa shape index (κ1) is 29.4. The van der Waals surface area contributed by atoms with E-state index in [9.17, 15) is 22.4 Å². The van der Waals surface area contributed by atoms with Gasteiger partial charge in [0.25, 0.3) is 5.82 Å². The first-order valence-electron chi connectivity index (χ1n) is 14.8. The number of nitrogens with zero attached hydrogens (tertiary/aromatic N) is 7. The second-order valence-electron chi connectivity index (χ2n) is 12.0. The van der Waals surface area contributed by atoms with Gasteiger partial charge in [-0.15, -0.1) is 5.10 Å². The van der Waals surface area contributed by atoms with Crippen LogP contribution in [0.15, 0.2) is 22.7 Å². The van der Waals surface area contributed by atoms with Crippen LogP contribution in [0.2, 0.25) is 0 Å². The van der Waals surface area contributed by atoms with Gasteiger partial charge in [-0.25, -0.2) is 14.1 Å². The van der Waals surface area contributed by atoms with Crippen molar-refractivity contribution < 1.29 is 31.6 Å². The van der Waals surface area contributed by atoms with Crippen LogP contribution in [0.25, 0.3) is 0 Å². The van der Waals surface area contributed by atoms with Crippen LogP contribution in [0.5, 0.6) is 5.75 Å². The van der Waals surface area contributed by atoms with Gasteiger partial charge in [0, 0.05) is 31.6 Å². The number of halogens is 4. The molecular formula is C29H35F4N7O3. The van der Waals surface area contributed by atoms with E-state index < -0.39 is 23.7 Å². The smallest absolute Gasteiger partial charge is 0.453 e. The summed E-state index contributed by atoms with van der Waals surface area (Å²) in [4.78, 5) is 24.4. The molecule has 2 aromatic heterocycles. The van der Waals surface area contributed by atoms with Gasteiger partial charge in [0.2, 0.25) is 5.91 Å². The molecule has 1 saturated carbocycles. The number of fused-ring (bicyclic) bond motifs is 1. The average Bonchev–Trinajstić information content (AvgIpc) is 3.36. The van der Waals surface area contributed by atoms with Crippen LogP contribution in [-0.2, 0) is 30.5 Å². The van der Waals surface area contributed by atoms with Gasteiger partial charge < -0.3 is 19.1 Å². The van der Waals surface area contributed by atoms with Gasteiger partial charge in [-0.1, -0.05) is 25.1 Å². The number of piperidine rings is 1. The van der Waals surface area contributed by atoms with E-state index in [2.05, 4.69) is 25.1 Å². The van der Waals surface area contributed by atoms with E-state index in [0.29, 0.717) is 36.1 Å². The van der Waals surface area contributed by atoms with Crippen LogP contribution in [0, 0.1) is 23.6 Å². The highest BCUT2D eigenvalue weighted by atomic mass is 19.4. The van der Waals surface area contributed by atoms with Crippen molar-refractivity contribution >= 4 is 11.9 Å². The summed E-state index contributed by atoms with van der Waals surface area (Å²) in [5.41, 5.74) is 0.204. The Morgan fingerprint density at radius 3 is 2.63 bits per heavy atom. The molecule has 4 heterocycles. The Morgan fingerprint density at radius 1 is 1.14 bits per heavy atom. The molecule has 1 aromatic carbocycles. The fourth-order valence-corrected chi connectivity index (χ4v) is 6.12. The summed E-state index contributed by atoms with van der Waals surface area (Å²) in [6.45, 7) is 6.57. The fraction of sp³-hybridized carbons (Fsp3) is 0.621. The van der Waals surface area contributed by atoms with Crippen LogP contribution < -0.4 is 9.64 Å². The molecule has 0 radical (unpaired) electrons. The Labute approximate surface area is 246 Å². The first-order chi connectivity index (χ1) is 20.5. The Kier molecular flexibility index (Phi) is 8.03. The van der Waals surface area contributed by atoms with Crippen LogP contribution in [0.1, 0.15) is 68.5 Å². The number of anilines is 1. The lowest BCUT2D eigenvalue weighted by molar-refractivity contribution is -0.145. The fourth-order valence-electron chi connectivity index (χ4n) is 6.12. The van der Waals surface area contributed by atoms with Crippen LogP contribution in [-0.4, -0.2) is 62.0 Å². The van der Waals surface area contributed by atoms with Gasteiger partial charge in [0.15, 0.2) is 5.82 Å². The number of carbonyl (C=O) groups is 1. The normalized spacial score (nSPS) is 20.9. The van der Waals surface area contributed by atoms with Crippen molar-refractivity contribution in [3.8, 4) is 5.75 Å². The molecule has 1 saturated heterocycles. The topological polar surface area (TPSA) is 102 Å². The van der Waals surface area contributed by atoms with E-state index >= 15 is 0 Å². The van der Waals surface area contributed by atoms with Gasteiger partial charge in [-0.2, -0.15) is 18.2 Å². The largest absolute Gasteiger partial charge is 0.493 e. The third-order valence-electron chi connectivity index (χ3n) is 8.73. The monoisotopic (exact) mass is 605 g/mol. The van der Waals surface area contributed by atoms with Crippen molar-refractivity contribution in [3.05, 3.63) is 47.1 Å². The van der Waals surface area contributed by atoms with E-state index in [1.807, 2.05) is 13.8 Å². The predicted octanol–water partition coefficient (Wildman–Crippen LogP) is 4.85. The van der Waals surface area contributed by atoms with Crippen molar-refractivity contribution in [3.63, 3.8) is 0 Å². The van der Waals surface area contributed by atoms with Crippen molar-refractivity contribution in [2.24, 2.45) is 17.8 Å². The third-order valence-corrected chi connectivity index (χ3v) is 8.73. The molecule has 1 unspecified atom stereocenters. The van der Waals surface area contributed by atoms with E-state index in [1.165, 1.54) is 23.5 Å². The highest BCUT2D eigenvalue weighted by Crippen LogP contribution is 2.50. The molecule has 2 atom stereocenters. The summed E-state index contributed by atoms with van der Waals surface area (Å²) in [5, 5.41) is 7.54. The lowest BCUT2D eigenvalue weighted by Gasteiger charge is -2.30. The van der Waals surface area contributed by atoms with Gasteiger partial charge in [-0.3, -0.25) is 4.79 Å². The lowest BCUT2D eigenvalue weighted by atomic mass is 9.90. The number of ether oxygens (including phenoxy) is 1. The summed E-state index contributed by atoms with van der Waals surface area (Å²) in [7, 11) is 0. The molecule has 2 aliphatic heterocycles. The molecule has 6 rings (SSSR count). The lowest BCUT2D eigenvalue weighted by Crippen LogP contribution is -2.39. The molecule has 3 aliphatic rings. The van der Waals surface area contributed by atoms with E-state index in [1.54, 1.807) is 6.07 Å².